The third-order valence-electron chi connectivity index (χ3n) is 8.49. The van der Waals surface area contributed by atoms with Crippen LogP contribution in [0, 0.1) is 17.8 Å². The van der Waals surface area contributed by atoms with Gasteiger partial charge in [-0.05, 0) is 42.9 Å². The fraction of sp³-hybridized carbons (Fsp3) is 0.483. The molecule has 5 N–H and O–H groups in total. The molecule has 3 aromatic rings. The molecule has 1 saturated heterocycles. The Bertz CT molecular complexity index is 1430. The second-order valence-corrected chi connectivity index (χ2v) is 11.7. The summed E-state index contributed by atoms with van der Waals surface area (Å²) in [5.74, 6) is 1.14. The van der Waals surface area contributed by atoms with Crippen LogP contribution in [0.2, 0.25) is 5.02 Å². The Labute approximate surface area is 238 Å². The highest BCUT2D eigenvalue weighted by Crippen LogP contribution is 2.46. The van der Waals surface area contributed by atoms with E-state index in [0.29, 0.717) is 27.7 Å². The molecule has 3 heterocycles. The molecule has 10 nitrogen and oxygen atoms in total. The number of hydrogen-bond acceptors (Lipinski definition) is 8. The summed E-state index contributed by atoms with van der Waals surface area (Å²) in [6.45, 7) is 7.18. The number of nitrogens with zero attached hydrogens (tertiary/aromatic N) is 4. The van der Waals surface area contributed by atoms with Gasteiger partial charge < -0.3 is 25.9 Å². The fourth-order valence-corrected chi connectivity index (χ4v) is 6.77. The first-order valence-corrected chi connectivity index (χ1v) is 14.3. The number of benzene rings is 1. The van der Waals surface area contributed by atoms with Crippen LogP contribution in [0.3, 0.4) is 0 Å². The van der Waals surface area contributed by atoms with E-state index in [9.17, 15) is 9.90 Å². The molecule has 2 aromatic heterocycles. The molecule has 0 unspecified atom stereocenters. The summed E-state index contributed by atoms with van der Waals surface area (Å²) in [5.41, 5.74) is 9.64. The molecule has 2 aliphatic carbocycles. The molecule has 11 heteroatoms. The maximum Gasteiger partial charge on any atom is 0.223 e. The van der Waals surface area contributed by atoms with E-state index >= 15 is 0 Å². The first kappa shape index (κ1) is 27.0. The molecule has 1 amide bonds. The normalized spacial score (nSPS) is 25.5. The van der Waals surface area contributed by atoms with Crippen molar-refractivity contribution in [3.8, 4) is 17.1 Å². The number of piperazine rings is 1. The number of rotatable bonds is 9. The van der Waals surface area contributed by atoms with E-state index in [0.717, 1.165) is 62.6 Å². The van der Waals surface area contributed by atoms with E-state index in [1.165, 1.54) is 0 Å². The van der Waals surface area contributed by atoms with E-state index in [4.69, 9.17) is 27.1 Å². The van der Waals surface area contributed by atoms with Gasteiger partial charge in [-0.15, -0.1) is 0 Å². The number of imidazole rings is 1. The van der Waals surface area contributed by atoms with Crippen molar-refractivity contribution in [2.24, 2.45) is 23.5 Å². The van der Waals surface area contributed by atoms with Crippen molar-refractivity contribution in [3.05, 3.63) is 47.1 Å². The lowest BCUT2D eigenvalue weighted by Gasteiger charge is -2.35. The highest BCUT2D eigenvalue weighted by atomic mass is 35.5. The number of β-amino-alcohol motifs (C(OH)–C–C–N with tert-alkyl or cyclic N) is 1. The number of aromatic nitrogens is 3. The molecule has 0 radical (unpaired) electrons. The number of primary amides is 1. The van der Waals surface area contributed by atoms with E-state index in [1.807, 2.05) is 13.0 Å². The number of hydrogen-bond donors (Lipinski definition) is 4. The van der Waals surface area contributed by atoms with Gasteiger partial charge in [0.1, 0.15) is 17.1 Å². The maximum atomic E-state index is 12.3. The number of aliphatic hydroxyl groups is 1. The highest BCUT2D eigenvalue weighted by Gasteiger charge is 2.47. The second kappa shape index (κ2) is 11.0. The largest absolute Gasteiger partial charge is 0.496 e. The number of carbonyl (C=O) groups excluding carboxylic acids is 1. The number of aromatic amines is 1. The number of anilines is 1. The Morgan fingerprint density at radius 3 is 2.73 bits per heavy atom. The predicted octanol–water partition coefficient (Wildman–Crippen LogP) is 2.87. The van der Waals surface area contributed by atoms with Crippen LogP contribution >= 0.6 is 11.6 Å². The minimum absolute atomic E-state index is 0.134. The van der Waals surface area contributed by atoms with Gasteiger partial charge in [-0.1, -0.05) is 29.8 Å². The number of nitrogens with two attached hydrogens (primary N) is 1. The minimum atomic E-state index is -0.304. The zero-order valence-electron chi connectivity index (χ0n) is 22.8. The van der Waals surface area contributed by atoms with Gasteiger partial charge in [-0.3, -0.25) is 14.6 Å². The molecular formula is C29H36ClN7O3. The summed E-state index contributed by atoms with van der Waals surface area (Å²) in [7, 11) is 1.66. The number of allylic oxidation sites excluding steroid dienone is 1. The average molecular weight is 566 g/mol. The topological polar surface area (TPSA) is 133 Å². The summed E-state index contributed by atoms with van der Waals surface area (Å²) in [4.78, 5) is 29.6. The number of ether oxygens (including phenoxy) is 1. The summed E-state index contributed by atoms with van der Waals surface area (Å²) < 4.78 is 5.79. The lowest BCUT2D eigenvalue weighted by molar-refractivity contribution is -0.122. The van der Waals surface area contributed by atoms with Gasteiger partial charge in [0.15, 0.2) is 5.65 Å². The molecule has 6 rings (SSSR count). The van der Waals surface area contributed by atoms with Gasteiger partial charge >= 0.3 is 0 Å². The predicted molar refractivity (Wildman–Crippen MR) is 155 cm³/mol. The zero-order chi connectivity index (χ0) is 28.0. The molecular weight excluding hydrogens is 530 g/mol. The van der Waals surface area contributed by atoms with Crippen LogP contribution in [0.1, 0.15) is 18.9 Å². The van der Waals surface area contributed by atoms with Gasteiger partial charge in [0.05, 0.1) is 41.6 Å². The van der Waals surface area contributed by atoms with Gasteiger partial charge in [-0.25, -0.2) is 9.97 Å². The van der Waals surface area contributed by atoms with Crippen molar-refractivity contribution in [2.45, 2.75) is 32.0 Å². The van der Waals surface area contributed by atoms with Gasteiger partial charge in [0, 0.05) is 45.3 Å². The van der Waals surface area contributed by atoms with Crippen LogP contribution in [0.15, 0.2) is 36.5 Å². The van der Waals surface area contributed by atoms with Crippen LogP contribution in [0.4, 0.5) is 5.69 Å². The lowest BCUT2D eigenvalue weighted by atomic mass is 9.88. The third-order valence-corrected chi connectivity index (χ3v) is 8.77. The highest BCUT2D eigenvalue weighted by molar-refractivity contribution is 6.34. The van der Waals surface area contributed by atoms with E-state index in [-0.39, 0.29) is 35.8 Å². The van der Waals surface area contributed by atoms with Crippen molar-refractivity contribution in [2.75, 3.05) is 45.2 Å². The molecule has 2 fully saturated rings. The number of methoxy groups -OCH3 is 1. The molecule has 40 heavy (non-hydrogen) atoms. The number of nitrogens with one attached hydrogen (secondary N) is 2. The van der Waals surface area contributed by atoms with Gasteiger partial charge in [-0.2, -0.15) is 0 Å². The molecule has 1 aromatic carbocycles. The van der Waals surface area contributed by atoms with Crippen LogP contribution in [0.25, 0.3) is 22.6 Å². The van der Waals surface area contributed by atoms with Crippen LogP contribution in [-0.2, 0) is 11.3 Å². The summed E-state index contributed by atoms with van der Waals surface area (Å²) in [6.07, 6.45) is 6.45. The molecule has 3 aliphatic rings. The number of halogens is 1. The smallest absolute Gasteiger partial charge is 0.223 e. The number of carbonyl (C=O) groups is 1. The first-order chi connectivity index (χ1) is 19.3. The molecule has 212 valence electrons. The van der Waals surface area contributed by atoms with Gasteiger partial charge in [0.2, 0.25) is 5.91 Å². The molecule has 0 spiro atoms. The molecule has 1 aliphatic heterocycles. The van der Waals surface area contributed by atoms with Gasteiger partial charge in [0.25, 0.3) is 0 Å². The molecule has 2 bridgehead atoms. The quantitative estimate of drug-likeness (QED) is 0.291. The number of pyridine rings is 1. The minimum Gasteiger partial charge on any atom is -0.496 e. The Hall–Kier alpha value is -3.18. The second-order valence-electron chi connectivity index (χ2n) is 11.3. The number of amides is 1. The van der Waals surface area contributed by atoms with Crippen LogP contribution in [-0.4, -0.2) is 87.7 Å². The average Bonchev–Trinajstić information content (AvgIpc) is 3.66. The molecule has 1 saturated carbocycles. The van der Waals surface area contributed by atoms with E-state index in [1.54, 1.807) is 13.3 Å². The number of aliphatic hydroxyl groups excluding tert-OH is 1. The fourth-order valence-electron chi connectivity index (χ4n) is 6.57. The van der Waals surface area contributed by atoms with Crippen molar-refractivity contribution in [1.29, 1.82) is 0 Å². The van der Waals surface area contributed by atoms with Crippen LogP contribution < -0.4 is 15.8 Å². The van der Waals surface area contributed by atoms with Crippen molar-refractivity contribution in [3.63, 3.8) is 0 Å². The Balaban J connectivity index is 1.23. The Morgan fingerprint density at radius 2 is 2.00 bits per heavy atom. The SMILES string of the molecule is COc1cc(CN2CCN(C[C@@H](C)O)CC2)ccc1-c1nc2ncc(Cl)c(N[C@H]3[C@@H](C(N)=O)[C@@H]4C=C[C@@H]3C4)c2[nH]1. The summed E-state index contributed by atoms with van der Waals surface area (Å²) in [5, 5.41) is 13.6. The zero-order valence-corrected chi connectivity index (χ0v) is 23.6. The van der Waals surface area contributed by atoms with Crippen LogP contribution in [0.5, 0.6) is 5.75 Å². The van der Waals surface area contributed by atoms with Crippen molar-refractivity contribution in [1.82, 2.24) is 24.8 Å². The third kappa shape index (κ3) is 5.16. The maximum absolute atomic E-state index is 12.3. The van der Waals surface area contributed by atoms with E-state index in [2.05, 4.69) is 49.4 Å². The van der Waals surface area contributed by atoms with Crippen molar-refractivity contribution < 1.29 is 14.6 Å². The number of H-pyrrole nitrogens is 1. The summed E-state index contributed by atoms with van der Waals surface area (Å²) >= 11 is 6.62. The van der Waals surface area contributed by atoms with Crippen molar-refractivity contribution >= 4 is 34.4 Å². The van der Waals surface area contributed by atoms with E-state index < -0.39 is 0 Å². The monoisotopic (exact) mass is 565 g/mol. The number of fused-ring (bicyclic) bond motifs is 3. The Kier molecular flexibility index (Phi) is 7.43. The Morgan fingerprint density at radius 1 is 1.25 bits per heavy atom. The standard InChI is InChI=1S/C29H36ClN7O3/c1-16(38)14-36-7-9-37(10-8-36)15-17-3-6-20(22(11-17)40-2)28-34-26-25(21(30)13-32-29(26)35-28)33-24-19-5-4-18(12-19)23(24)27(31)39/h3-6,11,13,16,18-19,23-24,38H,7-10,12,14-15H2,1-2H3,(H2,31,39)(H2,32,33,34,35)/t16-,18-,19-,23+,24-/m1/s1. The first-order valence-electron chi connectivity index (χ1n) is 13.9. The molecule has 5 atom stereocenters. The summed E-state index contributed by atoms with van der Waals surface area (Å²) in [6, 6.07) is 6.05. The lowest BCUT2D eigenvalue weighted by Crippen LogP contribution is -2.47.